The monoisotopic (exact) mass is 273 g/mol. The van der Waals surface area contributed by atoms with Crippen LogP contribution < -0.4 is 5.32 Å². The Hall–Kier alpha value is -1.42. The summed E-state index contributed by atoms with van der Waals surface area (Å²) in [5, 5.41) is 14.1. The van der Waals surface area contributed by atoms with Crippen LogP contribution in [-0.4, -0.2) is 10.2 Å². The van der Waals surface area contributed by atoms with Crippen molar-refractivity contribution in [2.24, 2.45) is 0 Å². The maximum atomic E-state index is 4.26. The first-order valence-electron chi connectivity index (χ1n) is 6.92. The van der Waals surface area contributed by atoms with E-state index in [1.54, 1.807) is 11.3 Å². The van der Waals surface area contributed by atoms with E-state index in [1.807, 2.05) is 0 Å². The normalized spacial score (nSPS) is 18.4. The van der Waals surface area contributed by atoms with E-state index < -0.39 is 0 Å². The maximum Gasteiger partial charge on any atom is 0.206 e. The fourth-order valence-corrected chi connectivity index (χ4v) is 3.38. The lowest BCUT2D eigenvalue weighted by molar-refractivity contribution is 0.599. The van der Waals surface area contributed by atoms with Gasteiger partial charge in [0.15, 0.2) is 0 Å². The molecule has 1 aromatic heterocycles. The quantitative estimate of drug-likeness (QED) is 0.913. The summed E-state index contributed by atoms with van der Waals surface area (Å²) in [4.78, 5) is 0. The fourth-order valence-electron chi connectivity index (χ4n) is 2.58. The molecule has 2 aromatic rings. The Morgan fingerprint density at radius 1 is 1.26 bits per heavy atom. The lowest BCUT2D eigenvalue weighted by Crippen LogP contribution is -2.17. The molecule has 19 heavy (non-hydrogen) atoms. The van der Waals surface area contributed by atoms with E-state index in [0.29, 0.717) is 12.0 Å². The minimum atomic E-state index is 0.387. The van der Waals surface area contributed by atoms with Crippen molar-refractivity contribution in [1.29, 1.82) is 0 Å². The average Bonchev–Trinajstić information content (AvgIpc) is 2.88. The first kappa shape index (κ1) is 12.6. The van der Waals surface area contributed by atoms with Crippen LogP contribution in [0, 0.1) is 0 Å². The molecule has 1 aliphatic carbocycles. The SMILES string of the molecule is CC(C)c1nnc(NC2CCCc3ccccc32)s1. The molecule has 100 valence electrons. The molecule has 0 radical (unpaired) electrons. The molecule has 1 unspecified atom stereocenters. The summed E-state index contributed by atoms with van der Waals surface area (Å²) in [5.41, 5.74) is 2.90. The van der Waals surface area contributed by atoms with E-state index in [0.717, 1.165) is 10.1 Å². The van der Waals surface area contributed by atoms with Crippen molar-refractivity contribution in [2.45, 2.75) is 45.1 Å². The molecule has 0 aliphatic heterocycles. The van der Waals surface area contributed by atoms with Crippen LogP contribution in [0.15, 0.2) is 24.3 Å². The number of nitrogens with one attached hydrogen (secondary N) is 1. The summed E-state index contributed by atoms with van der Waals surface area (Å²) < 4.78 is 0. The Morgan fingerprint density at radius 3 is 2.89 bits per heavy atom. The van der Waals surface area contributed by atoms with Crippen LogP contribution >= 0.6 is 11.3 Å². The summed E-state index contributed by atoms with van der Waals surface area (Å²) in [6.45, 7) is 4.31. The van der Waals surface area contributed by atoms with Crippen LogP contribution in [0.5, 0.6) is 0 Å². The van der Waals surface area contributed by atoms with Gasteiger partial charge in [-0.1, -0.05) is 49.4 Å². The van der Waals surface area contributed by atoms with E-state index in [9.17, 15) is 0 Å². The van der Waals surface area contributed by atoms with E-state index in [4.69, 9.17) is 0 Å². The summed E-state index contributed by atoms with van der Waals surface area (Å²) in [6.07, 6.45) is 3.61. The molecular formula is C15H19N3S. The molecule has 0 bridgehead atoms. The van der Waals surface area contributed by atoms with Crippen molar-refractivity contribution in [2.75, 3.05) is 5.32 Å². The topological polar surface area (TPSA) is 37.8 Å². The van der Waals surface area contributed by atoms with Crippen molar-refractivity contribution in [3.8, 4) is 0 Å². The molecule has 0 fully saturated rings. The standard InChI is InChI=1S/C15H19N3S/c1-10(2)14-17-18-15(19-14)16-13-9-5-7-11-6-3-4-8-12(11)13/h3-4,6,8,10,13H,5,7,9H2,1-2H3,(H,16,18). The van der Waals surface area contributed by atoms with Crippen molar-refractivity contribution in [3.05, 3.63) is 40.4 Å². The molecule has 0 saturated heterocycles. The summed E-state index contributed by atoms with van der Waals surface area (Å²) in [7, 11) is 0. The Bertz CT molecular complexity index is 562. The second kappa shape index (κ2) is 5.29. The maximum absolute atomic E-state index is 4.26. The first-order valence-corrected chi connectivity index (χ1v) is 7.73. The Labute approximate surface area is 118 Å². The van der Waals surface area contributed by atoms with Gasteiger partial charge in [0.1, 0.15) is 5.01 Å². The van der Waals surface area contributed by atoms with Gasteiger partial charge in [0.25, 0.3) is 0 Å². The highest BCUT2D eigenvalue weighted by atomic mass is 32.1. The Morgan fingerprint density at radius 2 is 2.11 bits per heavy atom. The van der Waals surface area contributed by atoms with Crippen molar-refractivity contribution < 1.29 is 0 Å². The molecule has 1 aromatic carbocycles. The van der Waals surface area contributed by atoms with E-state index in [1.165, 1.54) is 30.4 Å². The number of nitrogens with zero attached hydrogens (tertiary/aromatic N) is 2. The van der Waals surface area contributed by atoms with Gasteiger partial charge in [-0.2, -0.15) is 0 Å². The van der Waals surface area contributed by atoms with Gasteiger partial charge in [-0.3, -0.25) is 0 Å². The first-order chi connectivity index (χ1) is 9.24. The lowest BCUT2D eigenvalue weighted by atomic mass is 9.88. The highest BCUT2D eigenvalue weighted by Crippen LogP contribution is 2.33. The molecule has 0 amide bonds. The third kappa shape index (κ3) is 2.63. The van der Waals surface area contributed by atoms with E-state index in [-0.39, 0.29) is 0 Å². The zero-order valence-electron chi connectivity index (χ0n) is 11.4. The van der Waals surface area contributed by atoms with Crippen LogP contribution in [0.1, 0.15) is 54.8 Å². The molecule has 1 aliphatic rings. The number of hydrogen-bond donors (Lipinski definition) is 1. The molecule has 1 atom stereocenters. The summed E-state index contributed by atoms with van der Waals surface area (Å²) >= 11 is 1.68. The van der Waals surface area contributed by atoms with Gasteiger partial charge < -0.3 is 5.32 Å². The molecule has 1 heterocycles. The molecule has 4 heteroatoms. The number of fused-ring (bicyclic) bond motifs is 1. The molecule has 3 nitrogen and oxygen atoms in total. The minimum Gasteiger partial charge on any atom is -0.353 e. The fraction of sp³-hybridized carbons (Fsp3) is 0.467. The highest BCUT2D eigenvalue weighted by Gasteiger charge is 2.20. The van der Waals surface area contributed by atoms with Gasteiger partial charge in [0, 0.05) is 5.92 Å². The molecular weight excluding hydrogens is 254 g/mol. The third-order valence-electron chi connectivity index (χ3n) is 3.60. The number of aromatic nitrogens is 2. The zero-order chi connectivity index (χ0) is 13.2. The van der Waals surface area contributed by atoms with Crippen LogP contribution in [0.2, 0.25) is 0 Å². The molecule has 3 rings (SSSR count). The number of hydrogen-bond acceptors (Lipinski definition) is 4. The zero-order valence-corrected chi connectivity index (χ0v) is 12.2. The smallest absolute Gasteiger partial charge is 0.206 e. The lowest BCUT2D eigenvalue weighted by Gasteiger charge is -2.25. The predicted molar refractivity (Wildman–Crippen MR) is 79.7 cm³/mol. The number of anilines is 1. The highest BCUT2D eigenvalue weighted by molar-refractivity contribution is 7.15. The van der Waals surface area contributed by atoms with Gasteiger partial charge in [0.2, 0.25) is 5.13 Å². The van der Waals surface area contributed by atoms with Gasteiger partial charge in [0.05, 0.1) is 6.04 Å². The van der Waals surface area contributed by atoms with E-state index in [2.05, 4.69) is 53.6 Å². The van der Waals surface area contributed by atoms with E-state index >= 15 is 0 Å². The van der Waals surface area contributed by atoms with Crippen LogP contribution in [0.4, 0.5) is 5.13 Å². The summed E-state index contributed by atoms with van der Waals surface area (Å²) in [6, 6.07) is 9.11. The van der Waals surface area contributed by atoms with Crippen LogP contribution in [-0.2, 0) is 6.42 Å². The second-order valence-electron chi connectivity index (χ2n) is 5.39. The number of benzene rings is 1. The molecule has 0 saturated carbocycles. The van der Waals surface area contributed by atoms with Crippen molar-refractivity contribution >= 4 is 16.5 Å². The third-order valence-corrected chi connectivity index (χ3v) is 4.76. The number of rotatable bonds is 3. The minimum absolute atomic E-state index is 0.387. The number of aryl methyl sites for hydroxylation is 1. The van der Waals surface area contributed by atoms with Gasteiger partial charge >= 0.3 is 0 Å². The Balaban J connectivity index is 1.80. The van der Waals surface area contributed by atoms with Gasteiger partial charge in [-0.25, -0.2) is 0 Å². The predicted octanol–water partition coefficient (Wildman–Crippen LogP) is 4.15. The Kier molecular flexibility index (Phi) is 3.51. The van der Waals surface area contributed by atoms with Gasteiger partial charge in [-0.05, 0) is 30.4 Å². The van der Waals surface area contributed by atoms with Crippen molar-refractivity contribution in [1.82, 2.24) is 10.2 Å². The summed E-state index contributed by atoms with van der Waals surface area (Å²) in [5.74, 6) is 0.451. The average molecular weight is 273 g/mol. The molecule has 0 spiro atoms. The van der Waals surface area contributed by atoms with Crippen LogP contribution in [0.25, 0.3) is 0 Å². The van der Waals surface area contributed by atoms with Crippen molar-refractivity contribution in [3.63, 3.8) is 0 Å². The second-order valence-corrected chi connectivity index (χ2v) is 6.40. The largest absolute Gasteiger partial charge is 0.353 e. The van der Waals surface area contributed by atoms with Gasteiger partial charge in [-0.15, -0.1) is 10.2 Å². The molecule has 1 N–H and O–H groups in total. The van der Waals surface area contributed by atoms with Crippen LogP contribution in [0.3, 0.4) is 0 Å².